The summed E-state index contributed by atoms with van der Waals surface area (Å²) in [6.07, 6.45) is 1.50. The second-order valence-corrected chi connectivity index (χ2v) is 7.29. The molecule has 2 aromatic carbocycles. The number of benzene rings is 2. The molecular formula is C23H23N3O6. The highest BCUT2D eigenvalue weighted by molar-refractivity contribution is 6.02. The molecule has 32 heavy (non-hydrogen) atoms. The summed E-state index contributed by atoms with van der Waals surface area (Å²) < 4.78 is 17.6. The molecule has 9 heteroatoms. The van der Waals surface area contributed by atoms with E-state index in [1.54, 1.807) is 55.0 Å². The van der Waals surface area contributed by atoms with Gasteiger partial charge in [0.1, 0.15) is 17.4 Å². The Balaban J connectivity index is 1.56. The van der Waals surface area contributed by atoms with Gasteiger partial charge in [0.15, 0.2) is 11.5 Å². The maximum absolute atomic E-state index is 13.1. The van der Waals surface area contributed by atoms with Gasteiger partial charge >= 0.3 is 0 Å². The Kier molecular flexibility index (Phi) is 5.72. The molecule has 9 nitrogen and oxygen atoms in total. The first-order valence-corrected chi connectivity index (χ1v) is 10.1. The molecule has 0 saturated carbocycles. The predicted octanol–water partition coefficient (Wildman–Crippen LogP) is 2.52. The van der Waals surface area contributed by atoms with Crippen molar-refractivity contribution in [2.75, 3.05) is 19.2 Å². The Morgan fingerprint density at radius 2 is 1.84 bits per heavy atom. The van der Waals surface area contributed by atoms with Gasteiger partial charge in [0, 0.05) is 24.5 Å². The van der Waals surface area contributed by atoms with E-state index in [0.717, 1.165) is 0 Å². The third-order valence-corrected chi connectivity index (χ3v) is 5.26. The highest BCUT2D eigenvalue weighted by Gasteiger charge is 2.23. The number of rotatable bonds is 6. The van der Waals surface area contributed by atoms with E-state index in [-0.39, 0.29) is 12.4 Å². The topological polar surface area (TPSA) is 108 Å². The SMILES string of the molecule is CCn1cc(C(=O)N[C@H](C)C(=O)Nc2ccc(OC)cc2)c(=O)c2cc3c(cc21)OCO3. The summed E-state index contributed by atoms with van der Waals surface area (Å²) in [7, 11) is 1.55. The van der Waals surface area contributed by atoms with E-state index in [9.17, 15) is 14.4 Å². The third kappa shape index (κ3) is 3.96. The molecule has 2 N–H and O–H groups in total. The molecule has 1 aliphatic rings. The van der Waals surface area contributed by atoms with Crippen molar-refractivity contribution >= 4 is 28.4 Å². The first kappa shape index (κ1) is 21.2. The van der Waals surface area contributed by atoms with Gasteiger partial charge in [-0.25, -0.2) is 0 Å². The number of anilines is 1. The molecule has 2 amide bonds. The monoisotopic (exact) mass is 437 g/mol. The molecule has 1 atom stereocenters. The molecular weight excluding hydrogens is 414 g/mol. The van der Waals surface area contributed by atoms with Crippen LogP contribution in [0.25, 0.3) is 10.9 Å². The van der Waals surface area contributed by atoms with Gasteiger partial charge in [0.25, 0.3) is 5.91 Å². The molecule has 0 bridgehead atoms. The number of fused-ring (bicyclic) bond motifs is 2. The van der Waals surface area contributed by atoms with Crippen LogP contribution >= 0.6 is 0 Å². The first-order chi connectivity index (χ1) is 15.4. The van der Waals surface area contributed by atoms with E-state index in [2.05, 4.69) is 10.6 Å². The number of aromatic nitrogens is 1. The molecule has 1 aromatic heterocycles. The summed E-state index contributed by atoms with van der Waals surface area (Å²) in [6, 6.07) is 9.26. The summed E-state index contributed by atoms with van der Waals surface area (Å²) in [6.45, 7) is 4.07. The lowest BCUT2D eigenvalue weighted by molar-refractivity contribution is -0.117. The van der Waals surface area contributed by atoms with Gasteiger partial charge in [0.2, 0.25) is 18.1 Å². The molecule has 4 rings (SSSR count). The number of methoxy groups -OCH3 is 1. The number of aryl methyl sites for hydroxylation is 1. The maximum atomic E-state index is 13.1. The largest absolute Gasteiger partial charge is 0.497 e. The lowest BCUT2D eigenvalue weighted by Gasteiger charge is -2.16. The van der Waals surface area contributed by atoms with Crippen LogP contribution in [0.4, 0.5) is 5.69 Å². The van der Waals surface area contributed by atoms with Crippen LogP contribution in [0.1, 0.15) is 24.2 Å². The minimum Gasteiger partial charge on any atom is -0.497 e. The van der Waals surface area contributed by atoms with Crippen LogP contribution in [-0.2, 0) is 11.3 Å². The van der Waals surface area contributed by atoms with E-state index in [0.29, 0.717) is 40.4 Å². The van der Waals surface area contributed by atoms with Crippen LogP contribution in [0.5, 0.6) is 17.2 Å². The van der Waals surface area contributed by atoms with Crippen LogP contribution in [-0.4, -0.2) is 36.3 Å². The second-order valence-electron chi connectivity index (χ2n) is 7.29. The number of hydrogen-bond acceptors (Lipinski definition) is 6. The Morgan fingerprint density at radius 1 is 1.16 bits per heavy atom. The van der Waals surface area contributed by atoms with Crippen molar-refractivity contribution in [1.29, 1.82) is 0 Å². The maximum Gasteiger partial charge on any atom is 0.257 e. The van der Waals surface area contributed by atoms with Crippen molar-refractivity contribution in [3.8, 4) is 17.2 Å². The number of nitrogens with one attached hydrogen (secondary N) is 2. The minimum atomic E-state index is -0.869. The molecule has 0 fully saturated rings. The fourth-order valence-electron chi connectivity index (χ4n) is 3.47. The Hall–Kier alpha value is -4.01. The molecule has 0 saturated heterocycles. The van der Waals surface area contributed by atoms with E-state index >= 15 is 0 Å². The van der Waals surface area contributed by atoms with Gasteiger partial charge in [-0.1, -0.05) is 0 Å². The van der Waals surface area contributed by atoms with Crippen LogP contribution in [0.2, 0.25) is 0 Å². The summed E-state index contributed by atoms with van der Waals surface area (Å²) in [5.74, 6) is 0.635. The van der Waals surface area contributed by atoms with Gasteiger partial charge in [-0.05, 0) is 44.2 Å². The summed E-state index contributed by atoms with van der Waals surface area (Å²) in [5, 5.41) is 5.67. The van der Waals surface area contributed by atoms with Crippen LogP contribution in [0.3, 0.4) is 0 Å². The molecule has 0 unspecified atom stereocenters. The quantitative estimate of drug-likeness (QED) is 0.614. The standard InChI is InChI=1S/C23H23N3O6/c1-4-26-11-17(21(27)16-9-19-20(10-18(16)26)32-12-31-19)23(29)24-13(2)22(28)25-14-5-7-15(30-3)8-6-14/h5-11,13H,4,12H2,1-3H3,(H,24,29)(H,25,28)/t13-/m1/s1. The molecule has 2 heterocycles. The zero-order valence-electron chi connectivity index (χ0n) is 17.9. The number of carbonyl (C=O) groups is 2. The zero-order valence-corrected chi connectivity index (χ0v) is 17.9. The van der Waals surface area contributed by atoms with Gasteiger partial charge in [-0.3, -0.25) is 14.4 Å². The van der Waals surface area contributed by atoms with Crippen molar-refractivity contribution in [2.24, 2.45) is 0 Å². The fourth-order valence-corrected chi connectivity index (χ4v) is 3.47. The van der Waals surface area contributed by atoms with Gasteiger partial charge in [-0.2, -0.15) is 0 Å². The van der Waals surface area contributed by atoms with Crippen molar-refractivity contribution < 1.29 is 23.8 Å². The summed E-state index contributed by atoms with van der Waals surface area (Å²) in [4.78, 5) is 38.5. The van der Waals surface area contributed by atoms with Crippen LogP contribution < -0.4 is 30.3 Å². The van der Waals surface area contributed by atoms with E-state index in [1.807, 2.05) is 6.92 Å². The average Bonchev–Trinajstić information content (AvgIpc) is 3.26. The number of ether oxygens (including phenoxy) is 3. The lowest BCUT2D eigenvalue weighted by atomic mass is 10.1. The number of amides is 2. The van der Waals surface area contributed by atoms with Crippen LogP contribution in [0.15, 0.2) is 47.4 Å². The van der Waals surface area contributed by atoms with Crippen LogP contribution in [0, 0.1) is 0 Å². The highest BCUT2D eigenvalue weighted by Crippen LogP contribution is 2.35. The number of nitrogens with zero attached hydrogens (tertiary/aromatic N) is 1. The molecule has 0 spiro atoms. The highest BCUT2D eigenvalue weighted by atomic mass is 16.7. The summed E-state index contributed by atoms with van der Waals surface area (Å²) >= 11 is 0. The predicted molar refractivity (Wildman–Crippen MR) is 119 cm³/mol. The zero-order chi connectivity index (χ0) is 22.8. The Bertz CT molecular complexity index is 1250. The van der Waals surface area contributed by atoms with E-state index < -0.39 is 23.3 Å². The molecule has 0 radical (unpaired) electrons. The van der Waals surface area contributed by atoms with Gasteiger partial charge < -0.3 is 29.4 Å². The smallest absolute Gasteiger partial charge is 0.257 e. The number of carbonyl (C=O) groups excluding carboxylic acids is 2. The molecule has 1 aliphatic heterocycles. The fraction of sp³-hybridized carbons (Fsp3) is 0.261. The van der Waals surface area contributed by atoms with E-state index in [4.69, 9.17) is 14.2 Å². The van der Waals surface area contributed by atoms with Crippen molar-refractivity contribution in [3.63, 3.8) is 0 Å². The minimum absolute atomic E-state index is 0.0534. The van der Waals surface area contributed by atoms with Crippen molar-refractivity contribution in [1.82, 2.24) is 9.88 Å². The number of hydrogen-bond donors (Lipinski definition) is 2. The van der Waals surface area contributed by atoms with E-state index in [1.165, 1.54) is 6.20 Å². The lowest BCUT2D eigenvalue weighted by Crippen LogP contribution is -2.43. The average molecular weight is 437 g/mol. The third-order valence-electron chi connectivity index (χ3n) is 5.26. The van der Waals surface area contributed by atoms with Gasteiger partial charge in [-0.15, -0.1) is 0 Å². The van der Waals surface area contributed by atoms with Crippen molar-refractivity contribution in [2.45, 2.75) is 26.4 Å². The molecule has 3 aromatic rings. The molecule has 0 aliphatic carbocycles. The Labute approximate surface area is 183 Å². The first-order valence-electron chi connectivity index (χ1n) is 10.1. The number of pyridine rings is 1. The second kappa shape index (κ2) is 8.62. The Morgan fingerprint density at radius 3 is 2.50 bits per heavy atom. The van der Waals surface area contributed by atoms with Gasteiger partial charge in [0.05, 0.1) is 18.0 Å². The summed E-state index contributed by atoms with van der Waals surface area (Å²) in [5.41, 5.74) is 0.709. The van der Waals surface area contributed by atoms with Crippen molar-refractivity contribution in [3.05, 3.63) is 58.4 Å². The normalized spacial score (nSPS) is 13.0. The molecule has 166 valence electrons.